The van der Waals surface area contributed by atoms with Crippen molar-refractivity contribution in [3.05, 3.63) is 30.1 Å². The van der Waals surface area contributed by atoms with Gasteiger partial charge in [-0.15, -0.1) is 17.0 Å². The Hall–Kier alpha value is -0.855. The van der Waals surface area contributed by atoms with E-state index in [0.717, 1.165) is 0 Å². The maximum atomic E-state index is 7.10. The van der Waals surface area contributed by atoms with Gasteiger partial charge in [-0.1, -0.05) is 6.07 Å². The minimum Gasteiger partial charge on any atom is -0.299 e. The number of hydrogen-bond acceptors (Lipinski definition) is 3. The Morgan fingerprint density at radius 3 is 2.75 bits per heavy atom. The largest absolute Gasteiger partial charge is 0.299 e. The quantitative estimate of drug-likeness (QED) is 0.739. The van der Waals surface area contributed by atoms with Gasteiger partial charge < -0.3 is 0 Å². The van der Waals surface area contributed by atoms with Crippen LogP contribution in [0.2, 0.25) is 0 Å². The molecule has 2 heterocycles. The predicted molar refractivity (Wildman–Crippen MR) is 70.5 cm³/mol. The van der Waals surface area contributed by atoms with Gasteiger partial charge in [0.2, 0.25) is 7.85 Å². The van der Waals surface area contributed by atoms with Crippen LogP contribution in [0.5, 0.6) is 0 Å². The van der Waals surface area contributed by atoms with Crippen molar-refractivity contribution < 1.29 is 0 Å². The van der Waals surface area contributed by atoms with Crippen LogP contribution in [-0.2, 0) is 0 Å². The molecule has 0 spiro atoms. The van der Waals surface area contributed by atoms with Crippen LogP contribution in [0.1, 0.15) is 24.4 Å². The van der Waals surface area contributed by atoms with Crippen LogP contribution in [0.4, 0.5) is 0 Å². The van der Waals surface area contributed by atoms with Gasteiger partial charge >= 0.3 is 0 Å². The molecule has 5 heteroatoms. The molecule has 1 fully saturated rings. The fourth-order valence-electron chi connectivity index (χ4n) is 1.90. The number of likely N-dealkylation sites (tertiary alicyclic amines) is 1. The first kappa shape index (κ1) is 15.1. The minimum absolute atomic E-state index is 0. The van der Waals surface area contributed by atoms with Gasteiger partial charge in [0.05, 0.1) is 0 Å². The number of pyridine rings is 1. The standard InChI is InChI=1S/C10H14N2.CBN.BrH/c1-12-7-3-5-10(12)9-4-2-6-11-8-9;2-1-3;/h2,4,6,8,10H,3,5,7H2,1H3;;1H/t10-;;/m0../s1. The van der Waals surface area contributed by atoms with Crippen molar-refractivity contribution in [2.75, 3.05) is 13.6 Å². The molecule has 1 atom stereocenters. The number of halogens is 1. The summed E-state index contributed by atoms with van der Waals surface area (Å²) in [6.07, 6.45) is 6.41. The molecule has 0 N–H and O–H groups in total. The third kappa shape index (κ3) is 4.34. The SMILES string of the molecule is Br.CN1CCC[C@H]1c1cccnc1.[B]C#N. The van der Waals surface area contributed by atoms with Crippen molar-refractivity contribution in [3.8, 4) is 5.97 Å². The topological polar surface area (TPSA) is 39.9 Å². The molecular formula is C11H15BBrN3. The van der Waals surface area contributed by atoms with Gasteiger partial charge in [0.25, 0.3) is 0 Å². The highest BCUT2D eigenvalue weighted by atomic mass is 79.9. The normalized spacial score (nSPS) is 18.9. The van der Waals surface area contributed by atoms with Gasteiger partial charge in [0.15, 0.2) is 0 Å². The maximum absolute atomic E-state index is 7.10. The second kappa shape index (κ2) is 8.31. The molecule has 2 radical (unpaired) electrons. The Morgan fingerprint density at radius 1 is 1.62 bits per heavy atom. The summed E-state index contributed by atoms with van der Waals surface area (Å²) in [5.74, 6) is 1.25. The van der Waals surface area contributed by atoms with E-state index in [-0.39, 0.29) is 17.0 Å². The number of aromatic nitrogens is 1. The summed E-state index contributed by atoms with van der Waals surface area (Å²) >= 11 is 0. The molecule has 0 saturated carbocycles. The van der Waals surface area contributed by atoms with Crippen molar-refractivity contribution in [3.63, 3.8) is 0 Å². The molecule has 0 aliphatic carbocycles. The zero-order valence-electron chi connectivity index (χ0n) is 9.34. The number of nitrogens with zero attached hydrogens (tertiary/aromatic N) is 3. The van der Waals surface area contributed by atoms with E-state index in [9.17, 15) is 0 Å². The minimum atomic E-state index is 0. The molecular weight excluding hydrogens is 265 g/mol. The summed E-state index contributed by atoms with van der Waals surface area (Å²) in [5, 5.41) is 7.10. The van der Waals surface area contributed by atoms with Crippen LogP contribution in [-0.4, -0.2) is 31.3 Å². The van der Waals surface area contributed by atoms with E-state index in [2.05, 4.69) is 30.8 Å². The molecule has 3 nitrogen and oxygen atoms in total. The van der Waals surface area contributed by atoms with E-state index in [1.165, 1.54) is 30.9 Å². The van der Waals surface area contributed by atoms with Crippen molar-refractivity contribution in [2.24, 2.45) is 0 Å². The van der Waals surface area contributed by atoms with Crippen molar-refractivity contribution in [2.45, 2.75) is 18.9 Å². The molecule has 0 unspecified atom stereocenters. The maximum Gasteiger partial charge on any atom is 0.229 e. The third-order valence-corrected chi connectivity index (χ3v) is 2.59. The smallest absolute Gasteiger partial charge is 0.229 e. The van der Waals surface area contributed by atoms with Crippen molar-refractivity contribution in [1.82, 2.24) is 9.88 Å². The Balaban J connectivity index is 0.000000511. The molecule has 1 aromatic heterocycles. The highest BCUT2D eigenvalue weighted by molar-refractivity contribution is 8.93. The van der Waals surface area contributed by atoms with Crippen LogP contribution in [0.25, 0.3) is 0 Å². The van der Waals surface area contributed by atoms with Crippen LogP contribution in [0.15, 0.2) is 24.5 Å². The lowest BCUT2D eigenvalue weighted by atomic mass is 10.1. The lowest BCUT2D eigenvalue weighted by Gasteiger charge is -2.18. The average Bonchev–Trinajstić information content (AvgIpc) is 2.67. The Bertz CT molecular complexity index is 326. The fraction of sp³-hybridized carbons (Fsp3) is 0.455. The first-order valence-corrected chi connectivity index (χ1v) is 4.99. The summed E-state index contributed by atoms with van der Waals surface area (Å²) in [6, 6.07) is 4.79. The second-order valence-corrected chi connectivity index (χ2v) is 3.55. The monoisotopic (exact) mass is 279 g/mol. The van der Waals surface area contributed by atoms with Gasteiger partial charge in [-0.3, -0.25) is 9.88 Å². The van der Waals surface area contributed by atoms with Crippen LogP contribution in [0, 0.1) is 11.2 Å². The molecule has 0 amide bonds. The number of rotatable bonds is 1. The Labute approximate surface area is 109 Å². The Morgan fingerprint density at radius 2 is 2.31 bits per heavy atom. The van der Waals surface area contributed by atoms with E-state index >= 15 is 0 Å². The van der Waals surface area contributed by atoms with Crippen LogP contribution >= 0.6 is 17.0 Å². The van der Waals surface area contributed by atoms with E-state index in [1.54, 1.807) is 0 Å². The molecule has 1 saturated heterocycles. The van der Waals surface area contributed by atoms with E-state index in [0.29, 0.717) is 6.04 Å². The first-order valence-electron chi connectivity index (χ1n) is 4.99. The van der Waals surface area contributed by atoms with E-state index < -0.39 is 0 Å². The second-order valence-electron chi connectivity index (χ2n) is 3.55. The van der Waals surface area contributed by atoms with Gasteiger partial charge in [-0.2, -0.15) is 0 Å². The summed E-state index contributed by atoms with van der Waals surface area (Å²) < 4.78 is 0. The highest BCUT2D eigenvalue weighted by Gasteiger charge is 2.21. The summed E-state index contributed by atoms with van der Waals surface area (Å²) in [6.45, 7) is 1.22. The molecule has 1 aromatic rings. The fourth-order valence-corrected chi connectivity index (χ4v) is 1.90. The van der Waals surface area contributed by atoms with Gasteiger partial charge in [0.1, 0.15) is 0 Å². The summed E-state index contributed by atoms with van der Waals surface area (Å²) in [5.41, 5.74) is 1.36. The number of hydrogen-bond donors (Lipinski definition) is 0. The molecule has 16 heavy (non-hydrogen) atoms. The van der Waals surface area contributed by atoms with E-state index in [4.69, 9.17) is 5.26 Å². The first-order chi connectivity index (χ1) is 7.29. The lowest BCUT2D eigenvalue weighted by molar-refractivity contribution is 0.317. The molecule has 1 aliphatic heterocycles. The van der Waals surface area contributed by atoms with Gasteiger partial charge in [0, 0.05) is 18.4 Å². The van der Waals surface area contributed by atoms with Crippen LogP contribution < -0.4 is 0 Å². The van der Waals surface area contributed by atoms with E-state index in [1.807, 2.05) is 18.5 Å². The molecule has 0 bridgehead atoms. The highest BCUT2D eigenvalue weighted by Crippen LogP contribution is 2.29. The average molecular weight is 280 g/mol. The molecule has 1 aliphatic rings. The number of nitriles is 1. The Kier molecular flexibility index (Phi) is 7.87. The molecule has 84 valence electrons. The van der Waals surface area contributed by atoms with Crippen LogP contribution in [0.3, 0.4) is 0 Å². The lowest BCUT2D eigenvalue weighted by Crippen LogP contribution is -2.17. The van der Waals surface area contributed by atoms with Crippen molar-refractivity contribution in [1.29, 1.82) is 5.26 Å². The third-order valence-electron chi connectivity index (χ3n) is 2.59. The van der Waals surface area contributed by atoms with Gasteiger partial charge in [-0.05, 0) is 44.0 Å². The molecule has 2 rings (SSSR count). The molecule has 0 aromatic carbocycles. The zero-order valence-corrected chi connectivity index (χ0v) is 11.0. The summed E-state index contributed by atoms with van der Waals surface area (Å²) in [4.78, 5) is 6.54. The van der Waals surface area contributed by atoms with Crippen molar-refractivity contribution >= 4 is 24.8 Å². The van der Waals surface area contributed by atoms with Gasteiger partial charge in [-0.25, -0.2) is 5.26 Å². The zero-order chi connectivity index (χ0) is 11.1. The predicted octanol–water partition coefficient (Wildman–Crippen LogP) is 2.06. The summed E-state index contributed by atoms with van der Waals surface area (Å²) in [7, 11) is 6.34.